The van der Waals surface area contributed by atoms with Crippen molar-refractivity contribution in [1.29, 1.82) is 5.26 Å². The Labute approximate surface area is 156 Å². The van der Waals surface area contributed by atoms with Gasteiger partial charge in [0.1, 0.15) is 11.3 Å². The summed E-state index contributed by atoms with van der Waals surface area (Å²) in [5.41, 5.74) is 6.92. The quantitative estimate of drug-likeness (QED) is 0.783. The predicted octanol–water partition coefficient (Wildman–Crippen LogP) is 2.56. The number of carbonyl (C=O) groups excluding carboxylic acids is 2. The average Bonchev–Trinajstić information content (AvgIpc) is 2.56. The topological polar surface area (TPSA) is 112 Å². The van der Waals surface area contributed by atoms with Gasteiger partial charge in [-0.25, -0.2) is 4.79 Å². The number of nitrogens with zero attached hydrogens (tertiary/aromatic N) is 1. The molecule has 8 heteroatoms. The van der Waals surface area contributed by atoms with E-state index in [-0.39, 0.29) is 24.7 Å². The lowest BCUT2D eigenvalue weighted by Gasteiger charge is -2.30. The van der Waals surface area contributed by atoms with Crippen molar-refractivity contribution in [2.45, 2.75) is 26.7 Å². The number of carbonyl (C=O) groups is 2. The molecular weight excluding hydrogens is 360 g/mol. The van der Waals surface area contributed by atoms with Gasteiger partial charge in [0.15, 0.2) is 5.92 Å². The van der Waals surface area contributed by atoms with Crippen molar-refractivity contribution in [3.63, 3.8) is 0 Å². The van der Waals surface area contributed by atoms with Gasteiger partial charge in [0.25, 0.3) is 0 Å². The van der Waals surface area contributed by atoms with Crippen LogP contribution in [0.3, 0.4) is 0 Å². The van der Waals surface area contributed by atoms with Crippen LogP contribution < -0.4 is 10.5 Å². The van der Waals surface area contributed by atoms with Crippen LogP contribution in [0, 0.1) is 24.2 Å². The zero-order valence-electron chi connectivity index (χ0n) is 14.7. The van der Waals surface area contributed by atoms with Gasteiger partial charge >= 0.3 is 11.9 Å². The minimum absolute atomic E-state index is 0.0929. The van der Waals surface area contributed by atoms with E-state index in [2.05, 4.69) is 0 Å². The highest BCUT2D eigenvalue weighted by Gasteiger charge is 2.43. The average molecular weight is 379 g/mol. The second-order valence-electron chi connectivity index (χ2n) is 5.58. The number of hydrogen-bond donors (Lipinski definition) is 1. The molecule has 1 aromatic carbocycles. The molecule has 2 N–H and O–H groups in total. The van der Waals surface area contributed by atoms with Crippen LogP contribution in [0.2, 0.25) is 5.02 Å². The van der Waals surface area contributed by atoms with Gasteiger partial charge in [-0.05, 0) is 38.5 Å². The third kappa shape index (κ3) is 3.60. The molecule has 1 aromatic rings. The number of benzene rings is 1. The molecule has 0 bridgehead atoms. The molecule has 7 nitrogen and oxygen atoms in total. The van der Waals surface area contributed by atoms with E-state index < -0.39 is 23.8 Å². The van der Waals surface area contributed by atoms with Crippen molar-refractivity contribution in [1.82, 2.24) is 0 Å². The summed E-state index contributed by atoms with van der Waals surface area (Å²) in [6, 6.07) is 5.12. The summed E-state index contributed by atoms with van der Waals surface area (Å²) in [7, 11) is 0. The molecule has 0 unspecified atom stereocenters. The number of esters is 2. The van der Waals surface area contributed by atoms with Gasteiger partial charge in [0, 0.05) is 10.6 Å². The van der Waals surface area contributed by atoms with E-state index in [1.165, 1.54) is 0 Å². The van der Waals surface area contributed by atoms with Crippen LogP contribution in [-0.2, 0) is 19.1 Å². The molecule has 0 saturated heterocycles. The highest BCUT2D eigenvalue weighted by molar-refractivity contribution is 6.30. The number of halogens is 1. The Bertz CT molecular complexity index is 813. The van der Waals surface area contributed by atoms with Crippen molar-refractivity contribution in [2.24, 2.45) is 11.7 Å². The van der Waals surface area contributed by atoms with Gasteiger partial charge in [-0.3, -0.25) is 4.79 Å². The molecule has 2 atom stereocenters. The molecule has 0 amide bonds. The Morgan fingerprint density at radius 1 is 1.35 bits per heavy atom. The normalized spacial score (nSPS) is 16.8. The maximum Gasteiger partial charge on any atom is 0.340 e. The van der Waals surface area contributed by atoms with Crippen molar-refractivity contribution in [2.75, 3.05) is 13.2 Å². The highest BCUT2D eigenvalue weighted by Crippen LogP contribution is 2.45. The number of aryl methyl sites for hydroxylation is 1. The SMILES string of the molecule is CCOC(=O)C1=C(N)Oc2c(C)cc(Cl)cc2[C@@H]1[C@@H](C#N)C(=O)OCC. The summed E-state index contributed by atoms with van der Waals surface area (Å²) < 4.78 is 15.6. The molecular formula is C18H19ClN2O5. The van der Waals surface area contributed by atoms with Gasteiger partial charge in [0.2, 0.25) is 5.88 Å². The molecule has 0 spiro atoms. The number of hydrogen-bond acceptors (Lipinski definition) is 7. The Kier molecular flexibility index (Phi) is 6.11. The molecule has 0 saturated carbocycles. The zero-order valence-corrected chi connectivity index (χ0v) is 15.4. The Hall–Kier alpha value is -2.72. The van der Waals surface area contributed by atoms with Crippen molar-refractivity contribution in [3.05, 3.63) is 39.7 Å². The third-order valence-electron chi connectivity index (χ3n) is 3.90. The van der Waals surface area contributed by atoms with Crippen LogP contribution >= 0.6 is 11.6 Å². The second-order valence-corrected chi connectivity index (χ2v) is 6.01. The highest BCUT2D eigenvalue weighted by atomic mass is 35.5. The molecule has 0 aromatic heterocycles. The largest absolute Gasteiger partial charge is 0.465 e. The van der Waals surface area contributed by atoms with Gasteiger partial charge in [-0.1, -0.05) is 11.6 Å². The van der Waals surface area contributed by atoms with Crippen LogP contribution in [0.15, 0.2) is 23.6 Å². The molecule has 1 aliphatic rings. The van der Waals surface area contributed by atoms with Crippen molar-refractivity contribution < 1.29 is 23.8 Å². The van der Waals surface area contributed by atoms with E-state index in [1.54, 1.807) is 32.9 Å². The number of nitriles is 1. The molecule has 26 heavy (non-hydrogen) atoms. The first-order chi connectivity index (χ1) is 12.3. The van der Waals surface area contributed by atoms with Gasteiger partial charge in [-0.2, -0.15) is 5.26 Å². The van der Waals surface area contributed by atoms with E-state index in [0.717, 1.165) is 0 Å². The fourth-order valence-electron chi connectivity index (χ4n) is 2.88. The maximum atomic E-state index is 12.5. The second kappa shape index (κ2) is 8.11. The minimum atomic E-state index is -1.31. The third-order valence-corrected chi connectivity index (χ3v) is 4.12. The van der Waals surface area contributed by atoms with E-state index in [9.17, 15) is 14.9 Å². The molecule has 0 fully saturated rings. The van der Waals surface area contributed by atoms with Crippen LogP contribution in [0.25, 0.3) is 0 Å². The lowest BCUT2D eigenvalue weighted by molar-refractivity contribution is -0.146. The van der Waals surface area contributed by atoms with Gasteiger partial charge in [-0.15, -0.1) is 0 Å². The van der Waals surface area contributed by atoms with E-state index in [0.29, 0.717) is 21.9 Å². The molecule has 1 aliphatic heterocycles. The summed E-state index contributed by atoms with van der Waals surface area (Å²) in [5, 5.41) is 9.99. The van der Waals surface area contributed by atoms with Crippen LogP contribution in [0.1, 0.15) is 30.9 Å². The molecule has 138 valence electrons. The van der Waals surface area contributed by atoms with E-state index in [1.807, 2.05) is 6.07 Å². The first-order valence-electron chi connectivity index (χ1n) is 8.06. The van der Waals surface area contributed by atoms with Crippen LogP contribution in [0.5, 0.6) is 5.75 Å². The number of ether oxygens (including phenoxy) is 3. The predicted molar refractivity (Wildman–Crippen MR) is 93.1 cm³/mol. The minimum Gasteiger partial charge on any atom is -0.465 e. The summed E-state index contributed by atoms with van der Waals surface area (Å²) in [6.07, 6.45) is 0. The Morgan fingerprint density at radius 2 is 2.00 bits per heavy atom. The summed E-state index contributed by atoms with van der Waals surface area (Å²) in [4.78, 5) is 24.8. The van der Waals surface area contributed by atoms with Crippen LogP contribution in [0.4, 0.5) is 0 Å². The smallest absolute Gasteiger partial charge is 0.340 e. The Morgan fingerprint density at radius 3 is 2.58 bits per heavy atom. The lowest BCUT2D eigenvalue weighted by atomic mass is 9.78. The fraction of sp³-hybridized carbons (Fsp3) is 0.389. The lowest BCUT2D eigenvalue weighted by Crippen LogP contribution is -2.34. The fourth-order valence-corrected chi connectivity index (χ4v) is 3.16. The number of fused-ring (bicyclic) bond motifs is 1. The zero-order chi connectivity index (χ0) is 19.4. The van der Waals surface area contributed by atoms with E-state index >= 15 is 0 Å². The summed E-state index contributed by atoms with van der Waals surface area (Å²) in [6.45, 7) is 5.20. The van der Waals surface area contributed by atoms with Gasteiger partial charge in [0.05, 0.1) is 25.2 Å². The monoisotopic (exact) mass is 378 g/mol. The molecule has 1 heterocycles. The van der Waals surface area contributed by atoms with E-state index in [4.69, 9.17) is 31.5 Å². The number of rotatable bonds is 5. The summed E-state index contributed by atoms with van der Waals surface area (Å²) >= 11 is 6.14. The maximum absolute atomic E-state index is 12.5. The van der Waals surface area contributed by atoms with Crippen molar-refractivity contribution >= 4 is 23.5 Å². The first-order valence-corrected chi connectivity index (χ1v) is 8.44. The summed E-state index contributed by atoms with van der Waals surface area (Å²) in [5.74, 6) is -3.71. The number of nitrogens with two attached hydrogens (primary N) is 1. The Balaban J connectivity index is 2.70. The first kappa shape index (κ1) is 19.6. The van der Waals surface area contributed by atoms with Crippen molar-refractivity contribution in [3.8, 4) is 11.8 Å². The molecule has 0 aliphatic carbocycles. The van der Waals surface area contributed by atoms with Gasteiger partial charge < -0.3 is 19.9 Å². The molecule has 2 rings (SSSR count). The van der Waals surface area contributed by atoms with Crippen LogP contribution in [-0.4, -0.2) is 25.2 Å². The molecule has 0 radical (unpaired) electrons. The standard InChI is InChI=1S/C18H19ClN2O5/c1-4-24-17(22)12(8-20)13-11-7-10(19)6-9(3)15(11)26-16(21)14(13)18(23)25-5-2/h6-7,12-13H,4-5,21H2,1-3H3/t12-,13-/m1/s1.